The summed E-state index contributed by atoms with van der Waals surface area (Å²) in [5.41, 5.74) is 2.54. The highest BCUT2D eigenvalue weighted by Crippen LogP contribution is 2.23. The predicted molar refractivity (Wildman–Crippen MR) is 84.2 cm³/mol. The first-order valence-corrected chi connectivity index (χ1v) is 7.33. The Morgan fingerprint density at radius 2 is 1.85 bits per heavy atom. The minimum absolute atomic E-state index is 0.199. The summed E-state index contributed by atoms with van der Waals surface area (Å²) >= 11 is 1.63. The van der Waals surface area contributed by atoms with Crippen LogP contribution in [0.1, 0.15) is 25.8 Å². The third kappa shape index (κ3) is 4.06. The molecule has 5 heteroatoms. The minimum Gasteiger partial charge on any atom is -0.333 e. The molecule has 2 amide bonds. The van der Waals surface area contributed by atoms with Crippen molar-refractivity contribution in [3.63, 3.8) is 0 Å². The van der Waals surface area contributed by atoms with Gasteiger partial charge in [0.15, 0.2) is 0 Å². The number of nitrogens with zero attached hydrogens (tertiary/aromatic N) is 1. The lowest BCUT2D eigenvalue weighted by Gasteiger charge is -2.20. The van der Waals surface area contributed by atoms with Crippen molar-refractivity contribution in [1.82, 2.24) is 10.3 Å². The maximum atomic E-state index is 11.8. The van der Waals surface area contributed by atoms with Crippen LogP contribution in [0.3, 0.4) is 0 Å². The van der Waals surface area contributed by atoms with Crippen LogP contribution in [0.5, 0.6) is 0 Å². The highest BCUT2D eigenvalue weighted by molar-refractivity contribution is 7.09. The highest BCUT2D eigenvalue weighted by atomic mass is 32.1. The molecule has 20 heavy (non-hydrogen) atoms. The molecule has 2 N–H and O–H groups in total. The monoisotopic (exact) mass is 289 g/mol. The zero-order valence-electron chi connectivity index (χ0n) is 12.2. The van der Waals surface area contributed by atoms with Gasteiger partial charge in [0, 0.05) is 22.2 Å². The number of aryl methyl sites for hydroxylation is 1. The Bertz CT molecular complexity index is 596. The summed E-state index contributed by atoms with van der Waals surface area (Å²) in [7, 11) is 0. The Balaban J connectivity index is 2.03. The topological polar surface area (TPSA) is 54.0 Å². The molecular formula is C15H19N3OS. The molecule has 0 saturated carbocycles. The number of nitrogens with one attached hydrogen (secondary N) is 2. The molecule has 1 aromatic heterocycles. The lowest BCUT2D eigenvalue weighted by molar-refractivity contribution is 0.244. The smallest absolute Gasteiger partial charge is 0.319 e. The van der Waals surface area contributed by atoms with Gasteiger partial charge < -0.3 is 10.6 Å². The molecule has 0 aliphatic rings. The van der Waals surface area contributed by atoms with E-state index in [-0.39, 0.29) is 11.6 Å². The van der Waals surface area contributed by atoms with Crippen molar-refractivity contribution in [2.45, 2.75) is 33.2 Å². The summed E-state index contributed by atoms with van der Waals surface area (Å²) in [4.78, 5) is 16.2. The van der Waals surface area contributed by atoms with Gasteiger partial charge in [-0.25, -0.2) is 9.78 Å². The van der Waals surface area contributed by atoms with Crippen LogP contribution in [0.15, 0.2) is 29.6 Å². The molecule has 0 atom stereocenters. The third-order valence-corrected chi connectivity index (χ3v) is 3.32. The van der Waals surface area contributed by atoms with Gasteiger partial charge in [0.1, 0.15) is 0 Å². The molecule has 0 unspecified atom stereocenters. The fourth-order valence-corrected chi connectivity index (χ4v) is 2.35. The number of urea groups is 1. The van der Waals surface area contributed by atoms with Crippen molar-refractivity contribution in [2.24, 2.45) is 0 Å². The largest absolute Gasteiger partial charge is 0.333 e. The van der Waals surface area contributed by atoms with Gasteiger partial charge in [0.2, 0.25) is 0 Å². The Labute approximate surface area is 123 Å². The van der Waals surface area contributed by atoms with E-state index in [1.807, 2.05) is 57.3 Å². The maximum absolute atomic E-state index is 11.8. The molecule has 0 aliphatic carbocycles. The number of benzene rings is 1. The van der Waals surface area contributed by atoms with Crippen LogP contribution in [0.2, 0.25) is 0 Å². The zero-order valence-corrected chi connectivity index (χ0v) is 13.0. The van der Waals surface area contributed by atoms with Crippen LogP contribution in [-0.4, -0.2) is 16.6 Å². The highest BCUT2D eigenvalue weighted by Gasteiger charge is 2.13. The Hall–Kier alpha value is -1.88. The molecule has 4 nitrogen and oxygen atoms in total. The lowest BCUT2D eigenvalue weighted by Crippen LogP contribution is -2.43. The van der Waals surface area contributed by atoms with E-state index in [2.05, 4.69) is 15.6 Å². The number of anilines is 1. The molecule has 0 fully saturated rings. The molecule has 1 heterocycles. The normalized spacial score (nSPS) is 11.2. The molecule has 2 aromatic rings. The van der Waals surface area contributed by atoms with Gasteiger partial charge >= 0.3 is 6.03 Å². The fraction of sp³-hybridized carbons (Fsp3) is 0.333. The summed E-state index contributed by atoms with van der Waals surface area (Å²) in [6.45, 7) is 7.82. The number of amides is 2. The number of carbonyl (C=O) groups excluding carboxylic acids is 1. The van der Waals surface area contributed by atoms with Crippen LogP contribution >= 0.6 is 11.3 Å². The number of thiazole rings is 1. The molecule has 2 rings (SSSR count). The number of aromatic nitrogens is 1. The van der Waals surface area contributed by atoms with Gasteiger partial charge in [0.05, 0.1) is 10.7 Å². The average Bonchev–Trinajstić information content (AvgIpc) is 2.74. The number of rotatable bonds is 2. The average molecular weight is 289 g/mol. The quantitative estimate of drug-likeness (QED) is 0.876. The van der Waals surface area contributed by atoms with Crippen molar-refractivity contribution < 1.29 is 4.79 Å². The van der Waals surface area contributed by atoms with E-state index in [1.165, 1.54) is 0 Å². The molecule has 0 aliphatic heterocycles. The van der Waals surface area contributed by atoms with Gasteiger partial charge in [-0.3, -0.25) is 0 Å². The van der Waals surface area contributed by atoms with E-state index in [1.54, 1.807) is 11.3 Å². The van der Waals surface area contributed by atoms with Crippen molar-refractivity contribution >= 4 is 23.1 Å². The summed E-state index contributed by atoms with van der Waals surface area (Å²) in [5.74, 6) is 0. The van der Waals surface area contributed by atoms with Crippen LogP contribution < -0.4 is 10.6 Å². The van der Waals surface area contributed by atoms with Crippen molar-refractivity contribution in [3.05, 3.63) is 34.7 Å². The van der Waals surface area contributed by atoms with E-state index in [4.69, 9.17) is 0 Å². The molecule has 106 valence electrons. The van der Waals surface area contributed by atoms with Crippen LogP contribution in [-0.2, 0) is 0 Å². The van der Waals surface area contributed by atoms with Crippen molar-refractivity contribution in [3.8, 4) is 11.3 Å². The number of carbonyl (C=O) groups is 1. The molecule has 0 saturated heterocycles. The van der Waals surface area contributed by atoms with E-state index >= 15 is 0 Å². The summed E-state index contributed by atoms with van der Waals surface area (Å²) in [6.07, 6.45) is 0. The Morgan fingerprint density at radius 1 is 1.20 bits per heavy atom. The van der Waals surface area contributed by atoms with Crippen LogP contribution in [0.4, 0.5) is 10.5 Å². The van der Waals surface area contributed by atoms with Gasteiger partial charge in [0.25, 0.3) is 0 Å². The second-order valence-electron chi connectivity index (χ2n) is 5.66. The first kappa shape index (κ1) is 14.5. The summed E-state index contributed by atoms with van der Waals surface area (Å²) in [6, 6.07) is 7.48. The second-order valence-corrected chi connectivity index (χ2v) is 6.72. The van der Waals surface area contributed by atoms with E-state index in [0.717, 1.165) is 22.0 Å². The maximum Gasteiger partial charge on any atom is 0.319 e. The number of hydrogen-bond acceptors (Lipinski definition) is 3. The van der Waals surface area contributed by atoms with E-state index in [0.29, 0.717) is 0 Å². The first-order chi connectivity index (χ1) is 9.33. The predicted octanol–water partition coefficient (Wildman–Crippen LogP) is 4.04. The van der Waals surface area contributed by atoms with Crippen molar-refractivity contribution in [2.75, 3.05) is 5.32 Å². The third-order valence-electron chi connectivity index (χ3n) is 2.55. The Morgan fingerprint density at radius 3 is 2.35 bits per heavy atom. The molecular weight excluding hydrogens is 270 g/mol. The SMILES string of the molecule is Cc1nc(-c2ccc(NC(=O)NC(C)(C)C)cc2)cs1. The van der Waals surface area contributed by atoms with Crippen LogP contribution in [0.25, 0.3) is 11.3 Å². The van der Waals surface area contributed by atoms with E-state index < -0.39 is 0 Å². The van der Waals surface area contributed by atoms with Crippen LogP contribution in [0, 0.1) is 6.92 Å². The summed E-state index contributed by atoms with van der Waals surface area (Å²) in [5, 5.41) is 8.75. The fourth-order valence-electron chi connectivity index (χ4n) is 1.72. The van der Waals surface area contributed by atoms with Crippen molar-refractivity contribution in [1.29, 1.82) is 0 Å². The lowest BCUT2D eigenvalue weighted by atomic mass is 10.1. The van der Waals surface area contributed by atoms with Gasteiger partial charge in [-0.1, -0.05) is 12.1 Å². The minimum atomic E-state index is -0.248. The van der Waals surface area contributed by atoms with Gasteiger partial charge in [-0.2, -0.15) is 0 Å². The van der Waals surface area contributed by atoms with Gasteiger partial charge in [-0.05, 0) is 39.8 Å². The second kappa shape index (κ2) is 5.63. The molecule has 1 aromatic carbocycles. The summed E-state index contributed by atoms with van der Waals surface area (Å²) < 4.78 is 0. The van der Waals surface area contributed by atoms with E-state index in [9.17, 15) is 4.79 Å². The Kier molecular flexibility index (Phi) is 4.09. The molecule has 0 bridgehead atoms. The standard InChI is InChI=1S/C15H19N3OS/c1-10-16-13(9-20-10)11-5-7-12(8-6-11)17-14(19)18-15(2,3)4/h5-9H,1-4H3,(H2,17,18,19). The zero-order chi connectivity index (χ0) is 14.8. The molecule has 0 radical (unpaired) electrons. The molecule has 0 spiro atoms. The number of hydrogen-bond donors (Lipinski definition) is 2. The first-order valence-electron chi connectivity index (χ1n) is 6.45. The van der Waals surface area contributed by atoms with Gasteiger partial charge in [-0.15, -0.1) is 11.3 Å².